The summed E-state index contributed by atoms with van der Waals surface area (Å²) in [5, 5.41) is 0. The van der Waals surface area contributed by atoms with Gasteiger partial charge in [-0.25, -0.2) is 0 Å². The van der Waals surface area contributed by atoms with E-state index in [2.05, 4.69) is 37.8 Å². The minimum atomic E-state index is 0.334. The lowest BCUT2D eigenvalue weighted by atomic mass is 9.98. The Morgan fingerprint density at radius 2 is 1.88 bits per heavy atom. The van der Waals surface area contributed by atoms with E-state index in [4.69, 9.17) is 5.73 Å². The Bertz CT molecular complexity index is 354. The van der Waals surface area contributed by atoms with Gasteiger partial charge in [0, 0.05) is 17.3 Å². The number of hydrogen-bond donors (Lipinski definition) is 1. The SMILES string of the molecule is CC(c1ccc(N)cc1)N1CCCC1(C)C. The molecule has 1 aromatic carbocycles. The first-order valence-electron chi connectivity index (χ1n) is 6.13. The van der Waals surface area contributed by atoms with Gasteiger partial charge in [0.05, 0.1) is 0 Å². The molecule has 1 heterocycles. The molecule has 1 aliphatic heterocycles. The lowest BCUT2D eigenvalue weighted by Gasteiger charge is -2.37. The number of benzene rings is 1. The van der Waals surface area contributed by atoms with Crippen LogP contribution in [0.15, 0.2) is 24.3 Å². The minimum absolute atomic E-state index is 0.334. The van der Waals surface area contributed by atoms with Crippen molar-refractivity contribution in [3.63, 3.8) is 0 Å². The van der Waals surface area contributed by atoms with E-state index in [9.17, 15) is 0 Å². The molecule has 1 unspecified atom stereocenters. The van der Waals surface area contributed by atoms with E-state index in [-0.39, 0.29) is 0 Å². The van der Waals surface area contributed by atoms with Crippen LogP contribution in [-0.4, -0.2) is 17.0 Å². The Morgan fingerprint density at radius 1 is 1.25 bits per heavy atom. The third-order valence-corrected chi connectivity index (χ3v) is 3.85. The summed E-state index contributed by atoms with van der Waals surface area (Å²) in [6.07, 6.45) is 2.61. The lowest BCUT2D eigenvalue weighted by Crippen LogP contribution is -2.39. The highest BCUT2D eigenvalue weighted by atomic mass is 15.2. The maximum Gasteiger partial charge on any atom is 0.0325 e. The molecule has 0 saturated carbocycles. The van der Waals surface area contributed by atoms with E-state index in [0.717, 1.165) is 5.69 Å². The Morgan fingerprint density at radius 3 is 2.38 bits per heavy atom. The van der Waals surface area contributed by atoms with Gasteiger partial charge in [-0.1, -0.05) is 12.1 Å². The number of likely N-dealkylation sites (tertiary alicyclic amines) is 1. The van der Waals surface area contributed by atoms with Crippen molar-refractivity contribution in [2.45, 2.75) is 45.2 Å². The zero-order chi connectivity index (χ0) is 11.8. The Labute approximate surface area is 98.4 Å². The standard InChI is InChI=1S/C14H22N2/c1-11(12-5-7-13(15)8-6-12)16-10-4-9-14(16,2)3/h5-8,11H,4,9-10,15H2,1-3H3. The molecule has 88 valence electrons. The number of hydrogen-bond acceptors (Lipinski definition) is 2. The molecule has 16 heavy (non-hydrogen) atoms. The highest BCUT2D eigenvalue weighted by molar-refractivity contribution is 5.40. The van der Waals surface area contributed by atoms with Crippen LogP contribution in [0.1, 0.15) is 45.2 Å². The second-order valence-electron chi connectivity index (χ2n) is 5.45. The Kier molecular flexibility index (Phi) is 2.94. The zero-order valence-corrected chi connectivity index (χ0v) is 10.5. The van der Waals surface area contributed by atoms with Gasteiger partial charge in [-0.15, -0.1) is 0 Å². The number of nitrogen functional groups attached to an aromatic ring is 1. The van der Waals surface area contributed by atoms with Crippen molar-refractivity contribution < 1.29 is 0 Å². The monoisotopic (exact) mass is 218 g/mol. The summed E-state index contributed by atoms with van der Waals surface area (Å²) < 4.78 is 0. The first-order chi connectivity index (χ1) is 7.50. The van der Waals surface area contributed by atoms with Gasteiger partial charge in [0.1, 0.15) is 0 Å². The van der Waals surface area contributed by atoms with E-state index in [1.165, 1.54) is 24.9 Å². The largest absolute Gasteiger partial charge is 0.399 e. The first-order valence-corrected chi connectivity index (χ1v) is 6.13. The van der Waals surface area contributed by atoms with Crippen LogP contribution in [-0.2, 0) is 0 Å². The normalized spacial score (nSPS) is 22.2. The molecule has 0 aromatic heterocycles. The highest BCUT2D eigenvalue weighted by Gasteiger charge is 2.35. The number of nitrogens with two attached hydrogens (primary N) is 1. The fraction of sp³-hybridized carbons (Fsp3) is 0.571. The molecule has 2 nitrogen and oxygen atoms in total. The van der Waals surface area contributed by atoms with Gasteiger partial charge >= 0.3 is 0 Å². The third-order valence-electron chi connectivity index (χ3n) is 3.85. The zero-order valence-electron chi connectivity index (χ0n) is 10.5. The van der Waals surface area contributed by atoms with Crippen LogP contribution in [0.4, 0.5) is 5.69 Å². The summed E-state index contributed by atoms with van der Waals surface area (Å²) >= 11 is 0. The van der Waals surface area contributed by atoms with E-state index in [1.807, 2.05) is 12.1 Å². The molecule has 0 bridgehead atoms. The molecule has 0 amide bonds. The first kappa shape index (κ1) is 11.5. The number of anilines is 1. The molecule has 2 heteroatoms. The van der Waals surface area contributed by atoms with Gasteiger partial charge in [-0.3, -0.25) is 4.90 Å². The fourth-order valence-corrected chi connectivity index (χ4v) is 2.80. The van der Waals surface area contributed by atoms with Crippen molar-refractivity contribution in [3.8, 4) is 0 Å². The van der Waals surface area contributed by atoms with Crippen LogP contribution in [0, 0.1) is 0 Å². The predicted molar refractivity (Wildman–Crippen MR) is 69.3 cm³/mol. The van der Waals surface area contributed by atoms with Crippen LogP contribution in [0.25, 0.3) is 0 Å². The Hall–Kier alpha value is -1.02. The molecular weight excluding hydrogens is 196 g/mol. The molecule has 0 spiro atoms. The molecule has 1 saturated heterocycles. The van der Waals surface area contributed by atoms with Crippen molar-refractivity contribution >= 4 is 5.69 Å². The lowest BCUT2D eigenvalue weighted by molar-refractivity contribution is 0.125. The van der Waals surface area contributed by atoms with Crippen LogP contribution in [0.5, 0.6) is 0 Å². The average Bonchev–Trinajstić information content (AvgIpc) is 2.58. The van der Waals surface area contributed by atoms with Gasteiger partial charge in [0.2, 0.25) is 0 Å². The minimum Gasteiger partial charge on any atom is -0.399 e. The Balaban J connectivity index is 2.18. The van der Waals surface area contributed by atoms with Crippen LogP contribution in [0.2, 0.25) is 0 Å². The molecular formula is C14H22N2. The van der Waals surface area contributed by atoms with Crippen LogP contribution < -0.4 is 5.73 Å². The molecule has 1 atom stereocenters. The maximum absolute atomic E-state index is 5.72. The molecule has 1 aliphatic rings. The summed E-state index contributed by atoms with van der Waals surface area (Å²) in [7, 11) is 0. The summed E-state index contributed by atoms with van der Waals surface area (Å²) in [5.74, 6) is 0. The molecule has 0 aliphatic carbocycles. The predicted octanol–water partition coefficient (Wildman–Crippen LogP) is 3.20. The average molecular weight is 218 g/mol. The van der Waals surface area contributed by atoms with Gasteiger partial charge < -0.3 is 5.73 Å². The van der Waals surface area contributed by atoms with E-state index in [0.29, 0.717) is 11.6 Å². The van der Waals surface area contributed by atoms with Gasteiger partial charge in [-0.05, 0) is 57.9 Å². The molecule has 2 N–H and O–H groups in total. The van der Waals surface area contributed by atoms with Crippen molar-refractivity contribution in [1.82, 2.24) is 4.90 Å². The summed E-state index contributed by atoms with van der Waals surface area (Å²) in [4.78, 5) is 2.60. The quantitative estimate of drug-likeness (QED) is 0.772. The van der Waals surface area contributed by atoms with Crippen molar-refractivity contribution in [3.05, 3.63) is 29.8 Å². The second-order valence-corrected chi connectivity index (χ2v) is 5.45. The van der Waals surface area contributed by atoms with Crippen molar-refractivity contribution in [2.24, 2.45) is 0 Å². The highest BCUT2D eigenvalue weighted by Crippen LogP contribution is 2.36. The van der Waals surface area contributed by atoms with E-state index >= 15 is 0 Å². The van der Waals surface area contributed by atoms with Gasteiger partial charge in [0.25, 0.3) is 0 Å². The molecule has 1 aromatic rings. The van der Waals surface area contributed by atoms with Gasteiger partial charge in [-0.2, -0.15) is 0 Å². The van der Waals surface area contributed by atoms with Crippen molar-refractivity contribution in [1.29, 1.82) is 0 Å². The number of nitrogens with zero attached hydrogens (tertiary/aromatic N) is 1. The third kappa shape index (κ3) is 2.07. The summed E-state index contributed by atoms with van der Waals surface area (Å²) in [5.41, 5.74) is 8.26. The maximum atomic E-state index is 5.72. The smallest absolute Gasteiger partial charge is 0.0325 e. The second kappa shape index (κ2) is 4.10. The molecule has 2 rings (SSSR count). The van der Waals surface area contributed by atoms with E-state index < -0.39 is 0 Å². The summed E-state index contributed by atoms with van der Waals surface area (Å²) in [6.45, 7) is 8.18. The van der Waals surface area contributed by atoms with Crippen LogP contribution in [0.3, 0.4) is 0 Å². The van der Waals surface area contributed by atoms with Crippen LogP contribution >= 0.6 is 0 Å². The number of rotatable bonds is 2. The van der Waals surface area contributed by atoms with E-state index in [1.54, 1.807) is 0 Å². The summed E-state index contributed by atoms with van der Waals surface area (Å²) in [6, 6.07) is 8.77. The molecule has 1 fully saturated rings. The van der Waals surface area contributed by atoms with Crippen molar-refractivity contribution in [2.75, 3.05) is 12.3 Å². The fourth-order valence-electron chi connectivity index (χ4n) is 2.80. The molecule has 0 radical (unpaired) electrons. The van der Waals surface area contributed by atoms with Gasteiger partial charge in [0.15, 0.2) is 0 Å². The topological polar surface area (TPSA) is 29.3 Å².